The van der Waals surface area contributed by atoms with Crippen molar-refractivity contribution in [1.29, 1.82) is 0 Å². The van der Waals surface area contributed by atoms with Crippen molar-refractivity contribution < 1.29 is 23.7 Å². The van der Waals surface area contributed by atoms with Gasteiger partial charge in [0.2, 0.25) is 0 Å². The van der Waals surface area contributed by atoms with Gasteiger partial charge in [0.25, 0.3) is 0 Å². The molecule has 0 radical (unpaired) electrons. The molecule has 0 spiro atoms. The van der Waals surface area contributed by atoms with Crippen LogP contribution in [-0.4, -0.2) is 45.4 Å². The molecule has 1 aliphatic rings. The molecular weight excluding hydrogens is 272 g/mol. The number of ether oxygens (including phenoxy) is 4. The minimum Gasteiger partial charge on any atom is -0.492 e. The number of rotatable bonds is 7. The van der Waals surface area contributed by atoms with Crippen molar-refractivity contribution in [2.45, 2.75) is 24.9 Å². The lowest BCUT2D eigenvalue weighted by molar-refractivity contribution is -0.135. The van der Waals surface area contributed by atoms with Crippen LogP contribution in [0.3, 0.4) is 0 Å². The highest BCUT2D eigenvalue weighted by Crippen LogP contribution is 2.24. The molecule has 1 aromatic carbocycles. The standard InChI is InChI=1S/C16H20O5/c1-18-11-14-16(19-2)15(13(8-17)10-20-14)21-9-12-6-4-3-5-7-12/h3-8,10,14-16H,9,11H2,1-2H3/t14-,15+,16-/m1/s1. The number of methoxy groups -OCH3 is 2. The molecule has 1 heterocycles. The van der Waals surface area contributed by atoms with E-state index in [1.165, 1.54) is 6.26 Å². The van der Waals surface area contributed by atoms with Crippen molar-refractivity contribution in [3.8, 4) is 0 Å². The van der Waals surface area contributed by atoms with E-state index in [0.29, 0.717) is 18.8 Å². The topological polar surface area (TPSA) is 54.0 Å². The molecule has 5 heteroatoms. The Labute approximate surface area is 124 Å². The summed E-state index contributed by atoms with van der Waals surface area (Å²) in [6, 6.07) is 9.78. The lowest BCUT2D eigenvalue weighted by Crippen LogP contribution is -2.47. The Bertz CT molecular complexity index is 471. The summed E-state index contributed by atoms with van der Waals surface area (Å²) in [7, 11) is 3.16. The Morgan fingerprint density at radius 1 is 1.24 bits per heavy atom. The summed E-state index contributed by atoms with van der Waals surface area (Å²) in [5.41, 5.74) is 1.47. The molecule has 21 heavy (non-hydrogen) atoms. The zero-order valence-electron chi connectivity index (χ0n) is 12.2. The lowest BCUT2D eigenvalue weighted by atomic mass is 9.99. The van der Waals surface area contributed by atoms with Crippen molar-refractivity contribution in [3.63, 3.8) is 0 Å². The Morgan fingerprint density at radius 2 is 2.00 bits per heavy atom. The van der Waals surface area contributed by atoms with Crippen molar-refractivity contribution in [2.75, 3.05) is 20.8 Å². The maximum atomic E-state index is 11.2. The van der Waals surface area contributed by atoms with E-state index in [2.05, 4.69) is 0 Å². The predicted octanol–water partition coefficient (Wildman–Crippen LogP) is 1.71. The van der Waals surface area contributed by atoms with Gasteiger partial charge in [-0.2, -0.15) is 0 Å². The van der Waals surface area contributed by atoms with Crippen LogP contribution in [0.4, 0.5) is 0 Å². The van der Waals surface area contributed by atoms with Gasteiger partial charge in [-0.05, 0) is 5.56 Å². The normalized spacial score (nSPS) is 25.0. The molecule has 0 saturated carbocycles. The van der Waals surface area contributed by atoms with Crippen molar-refractivity contribution in [3.05, 3.63) is 47.7 Å². The lowest BCUT2D eigenvalue weighted by Gasteiger charge is -2.35. The van der Waals surface area contributed by atoms with E-state index in [1.54, 1.807) is 14.2 Å². The van der Waals surface area contributed by atoms with Crippen LogP contribution in [0.25, 0.3) is 0 Å². The summed E-state index contributed by atoms with van der Waals surface area (Å²) in [4.78, 5) is 11.2. The molecule has 1 aliphatic heterocycles. The van der Waals surface area contributed by atoms with Gasteiger partial charge in [0.05, 0.1) is 25.0 Å². The third-order valence-corrected chi connectivity index (χ3v) is 3.38. The summed E-state index contributed by atoms with van der Waals surface area (Å²) in [6.45, 7) is 0.766. The van der Waals surface area contributed by atoms with E-state index in [4.69, 9.17) is 18.9 Å². The molecule has 3 atom stereocenters. The number of hydrogen-bond acceptors (Lipinski definition) is 5. The fourth-order valence-corrected chi connectivity index (χ4v) is 2.32. The number of aldehydes is 1. The highest BCUT2D eigenvalue weighted by Gasteiger charge is 2.37. The summed E-state index contributed by atoms with van der Waals surface area (Å²) in [6.07, 6.45) is 1.01. The quantitative estimate of drug-likeness (QED) is 0.716. The van der Waals surface area contributed by atoms with E-state index in [0.717, 1.165) is 11.8 Å². The van der Waals surface area contributed by atoms with Gasteiger partial charge in [0, 0.05) is 14.2 Å². The molecule has 0 aromatic heterocycles. The van der Waals surface area contributed by atoms with Gasteiger partial charge in [-0.1, -0.05) is 30.3 Å². The van der Waals surface area contributed by atoms with Crippen LogP contribution in [0.1, 0.15) is 5.56 Å². The molecule has 114 valence electrons. The summed E-state index contributed by atoms with van der Waals surface area (Å²) < 4.78 is 22.0. The van der Waals surface area contributed by atoms with Gasteiger partial charge in [0.1, 0.15) is 18.3 Å². The highest BCUT2D eigenvalue weighted by molar-refractivity contribution is 5.74. The second-order valence-corrected chi connectivity index (χ2v) is 4.78. The fraction of sp³-hybridized carbons (Fsp3) is 0.438. The van der Waals surface area contributed by atoms with Gasteiger partial charge < -0.3 is 18.9 Å². The molecule has 2 rings (SSSR count). The molecule has 0 amide bonds. The van der Waals surface area contributed by atoms with Crippen LogP contribution < -0.4 is 0 Å². The molecule has 0 N–H and O–H groups in total. The molecule has 0 aliphatic carbocycles. The fourth-order valence-electron chi connectivity index (χ4n) is 2.32. The van der Waals surface area contributed by atoms with Crippen molar-refractivity contribution in [1.82, 2.24) is 0 Å². The number of hydrogen-bond donors (Lipinski definition) is 0. The molecular formula is C16H20O5. The van der Waals surface area contributed by atoms with E-state index < -0.39 is 6.10 Å². The van der Waals surface area contributed by atoms with Gasteiger partial charge in [-0.15, -0.1) is 0 Å². The van der Waals surface area contributed by atoms with Gasteiger partial charge in [-0.25, -0.2) is 0 Å². The Morgan fingerprint density at radius 3 is 2.62 bits per heavy atom. The molecule has 0 fully saturated rings. The van der Waals surface area contributed by atoms with E-state index in [9.17, 15) is 4.79 Å². The predicted molar refractivity (Wildman–Crippen MR) is 76.7 cm³/mol. The van der Waals surface area contributed by atoms with Crippen molar-refractivity contribution in [2.24, 2.45) is 0 Å². The second kappa shape index (κ2) is 7.93. The van der Waals surface area contributed by atoms with Crippen LogP contribution in [0.5, 0.6) is 0 Å². The smallest absolute Gasteiger partial charge is 0.151 e. The number of benzene rings is 1. The first-order valence-electron chi connectivity index (χ1n) is 6.78. The minimum atomic E-state index is -0.471. The molecule has 0 bridgehead atoms. The zero-order valence-corrected chi connectivity index (χ0v) is 12.2. The second-order valence-electron chi connectivity index (χ2n) is 4.78. The summed E-state index contributed by atoms with van der Waals surface area (Å²) in [5.74, 6) is 0. The Kier molecular flexibility index (Phi) is 5.92. The van der Waals surface area contributed by atoms with E-state index >= 15 is 0 Å². The largest absolute Gasteiger partial charge is 0.492 e. The van der Waals surface area contributed by atoms with Crippen LogP contribution >= 0.6 is 0 Å². The maximum absolute atomic E-state index is 11.2. The van der Waals surface area contributed by atoms with E-state index in [1.807, 2.05) is 30.3 Å². The Balaban J connectivity index is 2.09. The number of carbonyl (C=O) groups excluding carboxylic acids is 1. The average Bonchev–Trinajstić information content (AvgIpc) is 2.54. The third kappa shape index (κ3) is 3.91. The van der Waals surface area contributed by atoms with Gasteiger partial charge in [-0.3, -0.25) is 4.79 Å². The van der Waals surface area contributed by atoms with Gasteiger partial charge >= 0.3 is 0 Å². The minimum absolute atomic E-state index is 0.301. The average molecular weight is 292 g/mol. The summed E-state index contributed by atoms with van der Waals surface area (Å²) in [5, 5.41) is 0. The molecule has 0 saturated heterocycles. The van der Waals surface area contributed by atoms with Gasteiger partial charge in [0.15, 0.2) is 6.29 Å². The first-order chi connectivity index (χ1) is 10.3. The molecule has 0 unspecified atom stereocenters. The first-order valence-corrected chi connectivity index (χ1v) is 6.78. The maximum Gasteiger partial charge on any atom is 0.151 e. The molecule has 5 nitrogen and oxygen atoms in total. The monoisotopic (exact) mass is 292 g/mol. The van der Waals surface area contributed by atoms with Crippen LogP contribution in [0.15, 0.2) is 42.2 Å². The number of carbonyl (C=O) groups is 1. The van der Waals surface area contributed by atoms with Crippen LogP contribution in [0, 0.1) is 0 Å². The summed E-state index contributed by atoms with van der Waals surface area (Å²) >= 11 is 0. The highest BCUT2D eigenvalue weighted by atomic mass is 16.6. The SMILES string of the molecule is COC[C@H]1OC=C(C=O)[C@H](OCc2ccccc2)[C@@H]1OC. The third-order valence-electron chi connectivity index (χ3n) is 3.38. The molecule has 1 aromatic rings. The first kappa shape index (κ1) is 15.7. The van der Waals surface area contributed by atoms with Crippen LogP contribution in [0.2, 0.25) is 0 Å². The Hall–Kier alpha value is -1.69. The van der Waals surface area contributed by atoms with E-state index in [-0.39, 0.29) is 12.2 Å². The van der Waals surface area contributed by atoms with Crippen LogP contribution in [-0.2, 0) is 30.3 Å². The zero-order chi connectivity index (χ0) is 15.1. The van der Waals surface area contributed by atoms with Crippen molar-refractivity contribution >= 4 is 6.29 Å².